The zero-order valence-electron chi connectivity index (χ0n) is 84.4. The molecule has 2 fully saturated rings. The summed E-state index contributed by atoms with van der Waals surface area (Å²) >= 11 is 0. The summed E-state index contributed by atoms with van der Waals surface area (Å²) in [6, 6.07) is 5.00. The van der Waals surface area contributed by atoms with Gasteiger partial charge in [0.2, 0.25) is 0 Å². The fourth-order valence-electron chi connectivity index (χ4n) is 21.0. The molecule has 8 atom stereocenters. The number of benzene rings is 1. The molecule has 0 radical (unpaired) electrons. The number of aliphatic hydroxyl groups excluding tert-OH is 5. The standard InChI is InChI=1S/C36H66O4.C36H74O4.C34H62O3.C7H16/c1-3-5-7-9-13-19-25-35-33(23-17-8-6-4-2)27-28-34(24-18-12-10-15-21-29-39-31-37)36(35)26-20-14-11-16-22-30-40-32-38;1-3-5-7-9-11-15-21-27-35(29-23-17-13-19-25-31-39-33-37)36(28-22-16-12-10-8-6-4-2)30-24-18-14-20-26-32-40-34-38;1-5-7-8-15-21-31-25-32-24-23-30(20-16-11-9-13-18-27(3)35)33(34(32)26-29(31)6-2)22-17-12-10-14-19-28(4)37-36;1-3-5-7-6-4-2/h27-28,37-38H,3-26,29-32H2,1-2H3;35-38H,3-34H2,1-2H3;29-36H,3-26H2,1-2H3;3-7H2,1-2H3. The molecule has 2 saturated carbocycles. The topological polar surface area (TPSA) is 168 Å². The van der Waals surface area contributed by atoms with Gasteiger partial charge in [-0.15, -0.1) is 0 Å². The van der Waals surface area contributed by atoms with Crippen LogP contribution in [0, 0.1) is 47.3 Å². The van der Waals surface area contributed by atoms with Crippen molar-refractivity contribution >= 4 is 0 Å². The van der Waals surface area contributed by atoms with Crippen molar-refractivity contribution in [2.24, 2.45) is 47.3 Å². The van der Waals surface area contributed by atoms with Crippen LogP contribution in [-0.2, 0) is 49.5 Å². The second-order valence-corrected chi connectivity index (χ2v) is 39.1. The maximum atomic E-state index is 9.35. The summed E-state index contributed by atoms with van der Waals surface area (Å²) in [5, 5.41) is 53.2. The molecule has 0 aliphatic heterocycles. The molecule has 11 heteroatoms. The summed E-state index contributed by atoms with van der Waals surface area (Å²) in [4.78, 5) is 4.25. The predicted octanol–water partition coefficient (Wildman–Crippen LogP) is 35.1. The van der Waals surface area contributed by atoms with Crippen LogP contribution in [0.5, 0.6) is 0 Å². The van der Waals surface area contributed by atoms with Crippen molar-refractivity contribution in [3.8, 4) is 0 Å². The van der Waals surface area contributed by atoms with E-state index in [4.69, 9.17) is 44.6 Å². The highest BCUT2D eigenvalue weighted by molar-refractivity contribution is 5.42. The first-order valence-corrected chi connectivity index (χ1v) is 55.2. The van der Waals surface area contributed by atoms with Crippen LogP contribution in [-0.4, -0.2) is 84.4 Å². The molecule has 736 valence electrons. The van der Waals surface area contributed by atoms with E-state index < -0.39 is 0 Å². The lowest BCUT2D eigenvalue weighted by Gasteiger charge is -2.51. The Kier molecular flexibility index (Phi) is 95.4. The molecule has 1 aromatic rings. The molecule has 0 saturated heterocycles. The highest BCUT2D eigenvalue weighted by Gasteiger charge is 2.44. The van der Waals surface area contributed by atoms with E-state index in [1.165, 1.54) is 456 Å². The van der Waals surface area contributed by atoms with Gasteiger partial charge in [-0.3, -0.25) is 0 Å². The molecule has 6 N–H and O–H groups in total. The van der Waals surface area contributed by atoms with Gasteiger partial charge in [0, 0.05) is 39.3 Å². The largest absolute Gasteiger partial charge is 0.513 e. The molecule has 0 heterocycles. The Morgan fingerprint density at radius 1 is 0.315 bits per heavy atom. The third kappa shape index (κ3) is 73.5. The Morgan fingerprint density at radius 2 is 0.605 bits per heavy atom. The maximum Gasteiger partial charge on any atom is 0.143 e. The van der Waals surface area contributed by atoms with Gasteiger partial charge in [-0.1, -0.05) is 453 Å². The third-order valence-electron chi connectivity index (χ3n) is 28.6. The third-order valence-corrected chi connectivity index (χ3v) is 28.6. The minimum atomic E-state index is -0.156. The highest BCUT2D eigenvalue weighted by Crippen LogP contribution is 2.54. The van der Waals surface area contributed by atoms with Gasteiger partial charge in [-0.05, 0) is 192 Å². The van der Waals surface area contributed by atoms with Gasteiger partial charge in [0.25, 0.3) is 0 Å². The molecule has 2 aliphatic rings. The number of hydrogen-bond donors (Lipinski definition) is 6. The van der Waals surface area contributed by atoms with E-state index in [1.807, 2.05) is 0 Å². The van der Waals surface area contributed by atoms with Gasteiger partial charge in [-0.25, -0.2) is 5.26 Å². The summed E-state index contributed by atoms with van der Waals surface area (Å²) in [5.41, 5.74) is 6.70. The Morgan fingerprint density at radius 3 is 0.960 bits per heavy atom. The first kappa shape index (κ1) is 122. The van der Waals surface area contributed by atoms with Crippen LogP contribution in [0.2, 0.25) is 0 Å². The lowest BCUT2D eigenvalue weighted by atomic mass is 9.55. The zero-order valence-corrected chi connectivity index (χ0v) is 84.4. The maximum absolute atomic E-state index is 9.35. The van der Waals surface area contributed by atoms with Crippen molar-refractivity contribution in [3.63, 3.8) is 0 Å². The predicted molar refractivity (Wildman–Crippen MR) is 538 cm³/mol. The first-order chi connectivity index (χ1) is 61.0. The summed E-state index contributed by atoms with van der Waals surface area (Å²) in [7, 11) is 0. The molecule has 3 rings (SSSR count). The monoisotopic (exact) mass is 1750 g/mol. The van der Waals surface area contributed by atoms with Gasteiger partial charge in [0.05, 0.1) is 5.76 Å². The number of aryl methyl sites for hydroxylation is 2. The van der Waals surface area contributed by atoms with Crippen molar-refractivity contribution in [1.29, 1.82) is 0 Å². The summed E-state index contributed by atoms with van der Waals surface area (Å²) in [6.07, 6.45) is 105. The van der Waals surface area contributed by atoms with Gasteiger partial charge in [0.15, 0.2) is 0 Å². The minimum Gasteiger partial charge on any atom is -0.513 e. The number of ether oxygens (including phenoxy) is 4. The van der Waals surface area contributed by atoms with Gasteiger partial charge in [-0.2, -0.15) is 0 Å². The second-order valence-electron chi connectivity index (χ2n) is 39.1. The quantitative estimate of drug-likeness (QED) is 0.0121. The second kappa shape index (κ2) is 97.0. The lowest BCUT2D eigenvalue weighted by molar-refractivity contribution is -0.205. The Bertz CT molecular complexity index is 2250. The fraction of sp³-hybridized carbons (Fsp3) is 0.912. The molecule has 124 heavy (non-hydrogen) atoms. The van der Waals surface area contributed by atoms with E-state index in [9.17, 15) is 5.11 Å². The number of rotatable bonds is 90. The average Bonchev–Trinajstić information content (AvgIpc) is 0.787. The lowest BCUT2D eigenvalue weighted by Crippen LogP contribution is -2.41. The molecule has 1 aromatic carbocycles. The molecular weight excluding hydrogens is 1530 g/mol. The SMILES string of the molecule is C=C(O)CCCCCCC1CCC2CC(CCCCCC)C(CC)CC2C1CCCCCCC(=C)OO.CCCCCCC.CCCCCCCCCC(CCCCCCCOCO)C(CCCCCCCCC)CCCCCCCOCO.CCCCCCCCc1c(CCCCCC)ccc(CCCCCCCOCO)c1CCCCCCCOCO. The average molecular weight is 1750 g/mol. The van der Waals surface area contributed by atoms with Crippen molar-refractivity contribution in [3.05, 3.63) is 59.1 Å². The highest BCUT2D eigenvalue weighted by atomic mass is 17.1. The number of allylic oxidation sites excluding steroid dienone is 2. The van der Waals surface area contributed by atoms with Crippen LogP contribution in [0.25, 0.3) is 0 Å². The van der Waals surface area contributed by atoms with Crippen LogP contribution in [0.3, 0.4) is 0 Å². The van der Waals surface area contributed by atoms with Gasteiger partial charge in [0.1, 0.15) is 32.9 Å². The van der Waals surface area contributed by atoms with Crippen LogP contribution in [0.1, 0.15) is 559 Å². The van der Waals surface area contributed by atoms with E-state index in [2.05, 4.69) is 85.6 Å². The van der Waals surface area contributed by atoms with E-state index in [0.717, 1.165) is 98.7 Å². The molecule has 8 unspecified atom stereocenters. The van der Waals surface area contributed by atoms with E-state index >= 15 is 0 Å². The Labute approximate surface area is 772 Å². The molecule has 2 aliphatic carbocycles. The van der Waals surface area contributed by atoms with E-state index in [-0.39, 0.29) is 27.2 Å². The number of hydrogen-bond acceptors (Lipinski definition) is 11. The van der Waals surface area contributed by atoms with Crippen molar-refractivity contribution in [2.75, 3.05) is 53.6 Å². The van der Waals surface area contributed by atoms with Gasteiger partial charge < -0.3 is 49.4 Å². The smallest absolute Gasteiger partial charge is 0.143 e. The summed E-state index contributed by atoms with van der Waals surface area (Å²) in [5.74, 6) is 8.45. The van der Waals surface area contributed by atoms with E-state index in [0.29, 0.717) is 37.9 Å². The number of unbranched alkanes of at least 4 members (excludes halogenated alkanes) is 49. The van der Waals surface area contributed by atoms with Crippen molar-refractivity contribution in [1.82, 2.24) is 0 Å². The summed E-state index contributed by atoms with van der Waals surface area (Å²) in [6.45, 7) is 28.0. The van der Waals surface area contributed by atoms with Gasteiger partial charge >= 0.3 is 0 Å². The fourth-order valence-corrected chi connectivity index (χ4v) is 21.0. The van der Waals surface area contributed by atoms with Crippen LogP contribution >= 0.6 is 0 Å². The van der Waals surface area contributed by atoms with Crippen molar-refractivity contribution in [2.45, 2.75) is 563 Å². The first-order valence-electron chi connectivity index (χ1n) is 55.2. The summed E-state index contributed by atoms with van der Waals surface area (Å²) < 4.78 is 20.3. The molecule has 0 amide bonds. The van der Waals surface area contributed by atoms with E-state index in [1.54, 1.807) is 22.3 Å². The number of fused-ring (bicyclic) bond motifs is 1. The molecule has 0 spiro atoms. The molecule has 11 nitrogen and oxygen atoms in total. The number of aliphatic hydroxyl groups is 5. The normalized spacial score (nSPS) is 16.7. The molecule has 0 bridgehead atoms. The zero-order chi connectivity index (χ0) is 90.6. The Balaban J connectivity index is 0.00000176. The minimum absolute atomic E-state index is 0.140. The van der Waals surface area contributed by atoms with Crippen LogP contribution in [0.4, 0.5) is 0 Å². The van der Waals surface area contributed by atoms with Crippen LogP contribution in [0.15, 0.2) is 36.8 Å². The molecule has 0 aromatic heterocycles. The van der Waals surface area contributed by atoms with Crippen molar-refractivity contribution < 1.29 is 54.6 Å². The molecular formula is C113H218O11. The Hall–Kier alpha value is -2.06. The van der Waals surface area contributed by atoms with Crippen LogP contribution < -0.4 is 0 Å².